The molecule has 0 heterocycles. The summed E-state index contributed by atoms with van der Waals surface area (Å²) in [5, 5.41) is 5.83. The third kappa shape index (κ3) is 6.68. The van der Waals surface area contributed by atoms with Gasteiger partial charge < -0.3 is 20.3 Å². The number of hydrogen-bond acceptors (Lipinski definition) is 3. The molecule has 142 valence electrons. The van der Waals surface area contributed by atoms with Gasteiger partial charge in [0, 0.05) is 34.2 Å². The van der Waals surface area contributed by atoms with Crippen LogP contribution in [0.1, 0.15) is 19.4 Å². The highest BCUT2D eigenvalue weighted by atomic mass is 127. The van der Waals surface area contributed by atoms with E-state index in [1.165, 1.54) is 13.2 Å². The second kappa shape index (κ2) is 10.4. The van der Waals surface area contributed by atoms with Crippen molar-refractivity contribution in [3.05, 3.63) is 29.6 Å². The molecule has 1 aromatic carbocycles. The Balaban J connectivity index is 0.00000576. The van der Waals surface area contributed by atoms with Crippen LogP contribution < -0.4 is 15.4 Å². The molecule has 0 radical (unpaired) electrons. The maximum atomic E-state index is 13.8. The minimum Gasteiger partial charge on any atom is -0.494 e. The topological polar surface area (TPSA) is 66.0 Å². The molecule has 2 N–H and O–H groups in total. The largest absolute Gasteiger partial charge is 0.494 e. The van der Waals surface area contributed by atoms with Crippen LogP contribution in [0.15, 0.2) is 23.2 Å². The maximum Gasteiger partial charge on any atom is 0.227 e. The fourth-order valence-corrected chi connectivity index (χ4v) is 2.26. The minimum atomic E-state index is -0.572. The SMILES string of the molecule is CN=C(NCC(C)(C)C(=O)NC)N(C)Cc1ccc(OC)c(F)c1.I. The number of carbonyl (C=O) groups is 1. The maximum absolute atomic E-state index is 13.8. The Kier molecular flexibility index (Phi) is 9.76. The normalized spacial score (nSPS) is 11.4. The van der Waals surface area contributed by atoms with E-state index in [1.807, 2.05) is 25.8 Å². The summed E-state index contributed by atoms with van der Waals surface area (Å²) in [5.74, 6) is 0.400. The number of aliphatic imine (C=N–C) groups is 1. The average Bonchev–Trinajstić information content (AvgIpc) is 2.54. The Bertz CT molecular complexity index is 608. The fraction of sp³-hybridized carbons (Fsp3) is 0.529. The van der Waals surface area contributed by atoms with E-state index in [9.17, 15) is 9.18 Å². The first kappa shape index (κ1) is 23.4. The van der Waals surface area contributed by atoms with Crippen LogP contribution in [0.3, 0.4) is 0 Å². The van der Waals surface area contributed by atoms with Gasteiger partial charge in [-0.2, -0.15) is 0 Å². The summed E-state index contributed by atoms with van der Waals surface area (Å²) in [6.45, 7) is 4.61. The highest BCUT2D eigenvalue weighted by Gasteiger charge is 2.27. The average molecular weight is 466 g/mol. The molecule has 0 saturated heterocycles. The van der Waals surface area contributed by atoms with Crippen LogP contribution in [0.4, 0.5) is 4.39 Å². The number of nitrogens with zero attached hydrogens (tertiary/aromatic N) is 2. The summed E-state index contributed by atoms with van der Waals surface area (Å²) >= 11 is 0. The van der Waals surface area contributed by atoms with Crippen LogP contribution in [-0.4, -0.2) is 51.6 Å². The van der Waals surface area contributed by atoms with Crippen LogP contribution >= 0.6 is 24.0 Å². The first-order chi connectivity index (χ1) is 11.2. The summed E-state index contributed by atoms with van der Waals surface area (Å²) < 4.78 is 18.7. The van der Waals surface area contributed by atoms with Crippen LogP contribution in [-0.2, 0) is 11.3 Å². The Labute approximate surface area is 166 Å². The molecule has 0 atom stereocenters. The molecule has 0 fully saturated rings. The van der Waals surface area contributed by atoms with Crippen molar-refractivity contribution in [2.75, 3.05) is 34.8 Å². The Morgan fingerprint density at radius 3 is 2.52 bits per heavy atom. The molecule has 0 unspecified atom stereocenters. The predicted molar refractivity (Wildman–Crippen MR) is 109 cm³/mol. The zero-order valence-electron chi connectivity index (χ0n) is 15.6. The molecule has 0 aliphatic rings. The van der Waals surface area contributed by atoms with Crippen molar-refractivity contribution >= 4 is 35.8 Å². The van der Waals surface area contributed by atoms with Crippen LogP contribution in [0.25, 0.3) is 0 Å². The van der Waals surface area contributed by atoms with Crippen molar-refractivity contribution in [1.29, 1.82) is 0 Å². The molecular weight excluding hydrogens is 438 g/mol. The first-order valence-electron chi connectivity index (χ1n) is 7.71. The summed E-state index contributed by atoms with van der Waals surface area (Å²) in [6.07, 6.45) is 0. The smallest absolute Gasteiger partial charge is 0.227 e. The van der Waals surface area contributed by atoms with Gasteiger partial charge in [-0.1, -0.05) is 6.07 Å². The van der Waals surface area contributed by atoms with Gasteiger partial charge in [0.25, 0.3) is 0 Å². The van der Waals surface area contributed by atoms with E-state index in [0.29, 0.717) is 19.0 Å². The lowest BCUT2D eigenvalue weighted by Gasteiger charge is -2.27. The van der Waals surface area contributed by atoms with Crippen molar-refractivity contribution in [3.8, 4) is 5.75 Å². The quantitative estimate of drug-likeness (QED) is 0.384. The van der Waals surface area contributed by atoms with E-state index < -0.39 is 11.2 Å². The standard InChI is InChI=1S/C17H27FN4O2.HI/c1-17(2,15(23)19-3)11-21-16(20-4)22(5)10-12-7-8-14(24-6)13(18)9-12;/h7-9H,10-11H2,1-6H3,(H,19,23)(H,20,21);1H. The lowest BCUT2D eigenvalue weighted by atomic mass is 9.92. The molecule has 25 heavy (non-hydrogen) atoms. The van der Waals surface area contributed by atoms with Gasteiger partial charge in [-0.25, -0.2) is 4.39 Å². The van der Waals surface area contributed by atoms with E-state index in [-0.39, 0.29) is 35.6 Å². The summed E-state index contributed by atoms with van der Waals surface area (Å²) in [7, 11) is 6.57. The van der Waals surface area contributed by atoms with Gasteiger partial charge in [-0.15, -0.1) is 24.0 Å². The van der Waals surface area contributed by atoms with E-state index in [2.05, 4.69) is 15.6 Å². The number of amides is 1. The molecule has 0 aliphatic heterocycles. The molecule has 0 bridgehead atoms. The van der Waals surface area contributed by atoms with Gasteiger partial charge in [-0.05, 0) is 31.5 Å². The third-order valence-electron chi connectivity index (χ3n) is 3.74. The highest BCUT2D eigenvalue weighted by Crippen LogP contribution is 2.18. The highest BCUT2D eigenvalue weighted by molar-refractivity contribution is 14.0. The minimum absolute atomic E-state index is 0. The summed E-state index contributed by atoms with van der Waals surface area (Å²) in [5.41, 5.74) is 0.224. The van der Waals surface area contributed by atoms with Crippen molar-refractivity contribution < 1.29 is 13.9 Å². The van der Waals surface area contributed by atoms with E-state index in [4.69, 9.17) is 4.74 Å². The molecular formula is C17H28FIN4O2. The predicted octanol–water partition coefficient (Wildman–Crippen LogP) is 2.23. The van der Waals surface area contributed by atoms with Gasteiger partial charge in [0.15, 0.2) is 17.5 Å². The monoisotopic (exact) mass is 466 g/mol. The van der Waals surface area contributed by atoms with Gasteiger partial charge in [-0.3, -0.25) is 9.79 Å². The van der Waals surface area contributed by atoms with Gasteiger partial charge in [0.1, 0.15) is 0 Å². The molecule has 1 rings (SSSR count). The van der Waals surface area contributed by atoms with E-state index in [0.717, 1.165) is 5.56 Å². The zero-order valence-corrected chi connectivity index (χ0v) is 18.0. The number of ether oxygens (including phenoxy) is 1. The Morgan fingerprint density at radius 1 is 1.40 bits per heavy atom. The molecule has 0 aliphatic carbocycles. The Morgan fingerprint density at radius 2 is 2.04 bits per heavy atom. The fourth-order valence-electron chi connectivity index (χ4n) is 2.26. The third-order valence-corrected chi connectivity index (χ3v) is 3.74. The number of carbonyl (C=O) groups excluding carboxylic acids is 1. The second-order valence-corrected chi connectivity index (χ2v) is 6.19. The van der Waals surface area contributed by atoms with E-state index in [1.54, 1.807) is 26.2 Å². The molecule has 1 aromatic rings. The number of guanidine groups is 1. The van der Waals surface area contributed by atoms with Crippen molar-refractivity contribution in [2.45, 2.75) is 20.4 Å². The summed E-state index contributed by atoms with van der Waals surface area (Å²) in [6, 6.07) is 4.85. The van der Waals surface area contributed by atoms with Gasteiger partial charge >= 0.3 is 0 Å². The number of benzene rings is 1. The number of halogens is 2. The lowest BCUT2D eigenvalue weighted by molar-refractivity contribution is -0.128. The van der Waals surface area contributed by atoms with Crippen molar-refractivity contribution in [1.82, 2.24) is 15.5 Å². The summed E-state index contributed by atoms with van der Waals surface area (Å²) in [4.78, 5) is 17.9. The number of methoxy groups -OCH3 is 1. The van der Waals surface area contributed by atoms with Crippen LogP contribution in [0.5, 0.6) is 5.75 Å². The number of rotatable bonds is 6. The zero-order chi connectivity index (χ0) is 18.3. The Hall–Kier alpha value is -1.58. The molecule has 0 aromatic heterocycles. The van der Waals surface area contributed by atoms with Crippen molar-refractivity contribution in [2.24, 2.45) is 10.4 Å². The van der Waals surface area contributed by atoms with Gasteiger partial charge in [0.2, 0.25) is 5.91 Å². The molecule has 0 spiro atoms. The second-order valence-electron chi connectivity index (χ2n) is 6.19. The number of hydrogen-bond donors (Lipinski definition) is 2. The molecule has 8 heteroatoms. The number of nitrogens with one attached hydrogen (secondary N) is 2. The van der Waals surface area contributed by atoms with Crippen molar-refractivity contribution in [3.63, 3.8) is 0 Å². The van der Waals surface area contributed by atoms with E-state index >= 15 is 0 Å². The first-order valence-corrected chi connectivity index (χ1v) is 7.71. The van der Waals surface area contributed by atoms with Gasteiger partial charge in [0.05, 0.1) is 12.5 Å². The molecule has 1 amide bonds. The van der Waals surface area contributed by atoms with Crippen LogP contribution in [0.2, 0.25) is 0 Å². The lowest BCUT2D eigenvalue weighted by Crippen LogP contribution is -2.47. The van der Waals surface area contributed by atoms with Crippen LogP contribution in [0, 0.1) is 11.2 Å². The molecule has 0 saturated carbocycles. The molecule has 6 nitrogen and oxygen atoms in total.